The monoisotopic (exact) mass is 224 g/mol. The Morgan fingerprint density at radius 2 is 1.81 bits per heavy atom. The second kappa shape index (κ2) is 4.63. The molecule has 2 bridgehead atoms. The number of hydrogen-bond acceptors (Lipinski definition) is 3. The van der Waals surface area contributed by atoms with E-state index in [-0.39, 0.29) is 0 Å². The third kappa shape index (κ3) is 2.13. The van der Waals surface area contributed by atoms with Gasteiger partial charge in [0.1, 0.15) is 0 Å². The van der Waals surface area contributed by atoms with Gasteiger partial charge in [-0.05, 0) is 45.6 Å². The normalized spacial score (nSPS) is 43.9. The molecule has 3 aliphatic heterocycles. The lowest BCUT2D eigenvalue weighted by Crippen LogP contribution is -2.51. The molecule has 16 heavy (non-hydrogen) atoms. The van der Waals surface area contributed by atoms with Gasteiger partial charge in [-0.15, -0.1) is 0 Å². The van der Waals surface area contributed by atoms with Crippen LogP contribution in [0.15, 0.2) is 0 Å². The van der Waals surface area contributed by atoms with E-state index in [2.05, 4.69) is 17.3 Å². The smallest absolute Gasteiger partial charge is 0.0621 e. The average molecular weight is 224 g/mol. The summed E-state index contributed by atoms with van der Waals surface area (Å²) in [7, 11) is 2.31. The van der Waals surface area contributed by atoms with Crippen molar-refractivity contribution in [3.63, 3.8) is 0 Å². The zero-order valence-electron chi connectivity index (χ0n) is 10.3. The number of nitrogens with zero attached hydrogens (tertiary/aromatic N) is 1. The van der Waals surface area contributed by atoms with Crippen LogP contribution in [-0.4, -0.2) is 49.3 Å². The number of rotatable bonds is 2. The zero-order chi connectivity index (χ0) is 11.0. The predicted octanol–water partition coefficient (Wildman–Crippen LogP) is 1.38. The van der Waals surface area contributed by atoms with Crippen molar-refractivity contribution in [1.29, 1.82) is 0 Å². The molecule has 3 fully saturated rings. The zero-order valence-corrected chi connectivity index (χ0v) is 10.3. The molecule has 0 amide bonds. The minimum absolute atomic E-state index is 0.677. The Kier molecular flexibility index (Phi) is 3.18. The van der Waals surface area contributed by atoms with Gasteiger partial charge in [0.15, 0.2) is 0 Å². The number of fused-ring (bicyclic) bond motifs is 2. The lowest BCUT2D eigenvalue weighted by atomic mass is 9.96. The molecular weight excluding hydrogens is 200 g/mol. The summed E-state index contributed by atoms with van der Waals surface area (Å²) < 4.78 is 5.61. The van der Waals surface area contributed by atoms with Crippen molar-refractivity contribution in [2.75, 3.05) is 20.3 Å². The second-order valence-electron chi connectivity index (χ2n) is 5.80. The number of likely N-dealkylation sites (N-methyl/N-ethyl adjacent to an activating group) is 1. The van der Waals surface area contributed by atoms with Crippen LogP contribution in [0.5, 0.6) is 0 Å². The molecule has 92 valence electrons. The van der Waals surface area contributed by atoms with E-state index in [1.165, 1.54) is 38.5 Å². The molecule has 3 atom stereocenters. The van der Waals surface area contributed by atoms with E-state index in [1.54, 1.807) is 0 Å². The van der Waals surface area contributed by atoms with Crippen LogP contribution >= 0.6 is 0 Å². The molecule has 0 aromatic rings. The Morgan fingerprint density at radius 1 is 1.06 bits per heavy atom. The minimum atomic E-state index is 0.677. The molecular formula is C13H24N2O. The van der Waals surface area contributed by atoms with Crippen molar-refractivity contribution in [3.8, 4) is 0 Å². The highest BCUT2D eigenvalue weighted by Crippen LogP contribution is 2.30. The van der Waals surface area contributed by atoms with Crippen LogP contribution in [0.4, 0.5) is 0 Å². The average Bonchev–Trinajstić information content (AvgIpc) is 2.68. The number of hydrogen-bond donors (Lipinski definition) is 1. The molecule has 0 aromatic carbocycles. The molecule has 3 nitrogen and oxygen atoms in total. The first-order chi connectivity index (χ1) is 7.83. The van der Waals surface area contributed by atoms with Gasteiger partial charge in [-0.3, -0.25) is 4.90 Å². The third-order valence-electron chi connectivity index (χ3n) is 4.74. The van der Waals surface area contributed by atoms with Gasteiger partial charge in [0.2, 0.25) is 0 Å². The number of ether oxygens (including phenoxy) is 1. The quantitative estimate of drug-likeness (QED) is 0.767. The van der Waals surface area contributed by atoms with E-state index in [1.807, 2.05) is 0 Å². The van der Waals surface area contributed by atoms with E-state index in [4.69, 9.17) is 4.74 Å². The Labute approximate surface area is 98.5 Å². The molecule has 1 N–H and O–H groups in total. The fourth-order valence-electron chi connectivity index (χ4n) is 3.70. The van der Waals surface area contributed by atoms with Crippen LogP contribution in [0.1, 0.15) is 38.5 Å². The molecule has 3 aliphatic rings. The summed E-state index contributed by atoms with van der Waals surface area (Å²) in [5.74, 6) is 0. The molecule has 0 aromatic heterocycles. The fourth-order valence-corrected chi connectivity index (χ4v) is 3.70. The minimum Gasteiger partial charge on any atom is -0.380 e. The van der Waals surface area contributed by atoms with E-state index in [0.29, 0.717) is 6.04 Å². The Hall–Kier alpha value is -0.120. The molecule has 3 heteroatoms. The highest BCUT2D eigenvalue weighted by molar-refractivity contribution is 4.96. The highest BCUT2D eigenvalue weighted by atomic mass is 16.5. The van der Waals surface area contributed by atoms with E-state index in [0.717, 1.165) is 31.3 Å². The molecule has 3 unspecified atom stereocenters. The third-order valence-corrected chi connectivity index (χ3v) is 4.74. The molecule has 0 radical (unpaired) electrons. The van der Waals surface area contributed by atoms with Crippen molar-refractivity contribution in [3.05, 3.63) is 0 Å². The summed E-state index contributed by atoms with van der Waals surface area (Å²) in [4.78, 5) is 2.62. The van der Waals surface area contributed by atoms with Gasteiger partial charge in [0, 0.05) is 30.8 Å². The van der Waals surface area contributed by atoms with E-state index in [9.17, 15) is 0 Å². The summed E-state index contributed by atoms with van der Waals surface area (Å²) in [6.45, 7) is 1.93. The summed E-state index contributed by atoms with van der Waals surface area (Å²) in [5.41, 5.74) is 0. The maximum atomic E-state index is 5.61. The first-order valence-electron chi connectivity index (χ1n) is 6.88. The van der Waals surface area contributed by atoms with Crippen LogP contribution < -0.4 is 5.32 Å². The molecule has 3 saturated heterocycles. The van der Waals surface area contributed by atoms with E-state index < -0.39 is 0 Å². The molecule has 3 heterocycles. The molecule has 0 spiro atoms. The standard InChI is InChI=1S/C13H24N2O/c1-15(12-3-2-6-16-9-12)13-7-10-4-5-11(8-13)14-10/h10-14H,2-9H2,1H3. The van der Waals surface area contributed by atoms with Crippen molar-refractivity contribution < 1.29 is 4.74 Å². The number of nitrogens with one attached hydrogen (secondary N) is 1. The van der Waals surface area contributed by atoms with Crippen LogP contribution in [0.3, 0.4) is 0 Å². The summed E-state index contributed by atoms with van der Waals surface area (Å²) in [6, 6.07) is 3.08. The maximum Gasteiger partial charge on any atom is 0.0621 e. The van der Waals surface area contributed by atoms with Gasteiger partial charge in [-0.2, -0.15) is 0 Å². The molecule has 0 aliphatic carbocycles. The topological polar surface area (TPSA) is 24.5 Å². The van der Waals surface area contributed by atoms with Crippen LogP contribution in [0, 0.1) is 0 Å². The maximum absolute atomic E-state index is 5.61. The van der Waals surface area contributed by atoms with E-state index >= 15 is 0 Å². The first kappa shape index (κ1) is 11.0. The van der Waals surface area contributed by atoms with Crippen LogP contribution in [0.2, 0.25) is 0 Å². The van der Waals surface area contributed by atoms with Gasteiger partial charge < -0.3 is 10.1 Å². The van der Waals surface area contributed by atoms with Gasteiger partial charge in [-0.1, -0.05) is 0 Å². The predicted molar refractivity (Wildman–Crippen MR) is 64.6 cm³/mol. The summed E-state index contributed by atoms with van der Waals surface area (Å²) in [5, 5.41) is 3.72. The number of piperidine rings is 1. The van der Waals surface area contributed by atoms with Gasteiger partial charge in [0.25, 0.3) is 0 Å². The van der Waals surface area contributed by atoms with Crippen molar-refractivity contribution in [1.82, 2.24) is 10.2 Å². The largest absolute Gasteiger partial charge is 0.380 e. The van der Waals surface area contributed by atoms with Crippen LogP contribution in [-0.2, 0) is 4.74 Å². The lowest BCUT2D eigenvalue weighted by Gasteiger charge is -2.41. The van der Waals surface area contributed by atoms with Gasteiger partial charge >= 0.3 is 0 Å². The van der Waals surface area contributed by atoms with Crippen molar-refractivity contribution in [2.24, 2.45) is 0 Å². The van der Waals surface area contributed by atoms with Gasteiger partial charge in [0.05, 0.1) is 6.61 Å². The van der Waals surface area contributed by atoms with Crippen LogP contribution in [0.25, 0.3) is 0 Å². The fraction of sp³-hybridized carbons (Fsp3) is 1.00. The first-order valence-corrected chi connectivity index (χ1v) is 6.88. The van der Waals surface area contributed by atoms with Gasteiger partial charge in [-0.25, -0.2) is 0 Å². The van der Waals surface area contributed by atoms with Crippen molar-refractivity contribution in [2.45, 2.75) is 62.7 Å². The Balaban J connectivity index is 1.59. The summed E-state index contributed by atoms with van der Waals surface area (Å²) in [6.07, 6.45) is 8.07. The Morgan fingerprint density at radius 3 is 2.44 bits per heavy atom. The highest BCUT2D eigenvalue weighted by Gasteiger charge is 2.36. The summed E-state index contributed by atoms with van der Waals surface area (Å²) >= 11 is 0. The molecule has 3 rings (SSSR count). The molecule has 0 saturated carbocycles. The SMILES string of the molecule is CN(C1CCCOC1)C1CC2CCC(C1)N2. The Bertz CT molecular complexity index is 228. The van der Waals surface area contributed by atoms with Crippen molar-refractivity contribution >= 4 is 0 Å². The lowest BCUT2D eigenvalue weighted by molar-refractivity contribution is 0.00352. The second-order valence-corrected chi connectivity index (χ2v) is 5.80.